The summed E-state index contributed by atoms with van der Waals surface area (Å²) in [5, 5.41) is 69.4. The lowest BCUT2D eigenvalue weighted by atomic mass is 9.90. The van der Waals surface area contributed by atoms with Crippen molar-refractivity contribution in [2.45, 2.75) is 223 Å². The molecule has 328 valence electrons. The molecule has 11 heteroatoms. The molecule has 1 aromatic carbocycles. The van der Waals surface area contributed by atoms with Gasteiger partial charge in [0.15, 0.2) is 5.13 Å². The third-order valence-corrected chi connectivity index (χ3v) is 12.4. The molecule has 1 aliphatic rings. The van der Waals surface area contributed by atoms with E-state index in [1.54, 1.807) is 0 Å². The Morgan fingerprint density at radius 2 is 1.18 bits per heavy atom. The first-order valence-corrected chi connectivity index (χ1v) is 23.8. The molecule has 8 atom stereocenters. The first-order valence-electron chi connectivity index (χ1n) is 22.9. The maximum atomic E-state index is 11.5. The number of hydrogen-bond donors (Lipinski definition) is 7. The number of aliphatic hydroxyl groups is 6. The molecule has 0 unspecified atom stereocenters. The number of ether oxygens (including phenoxy) is 2. The molecule has 2 aromatic rings. The predicted octanol–water partition coefficient (Wildman–Crippen LogP) is 9.33. The van der Waals surface area contributed by atoms with Crippen LogP contribution in [0.4, 0.5) is 5.13 Å². The van der Waals surface area contributed by atoms with Crippen LogP contribution in [0, 0.1) is 0 Å². The quantitative estimate of drug-likeness (QED) is 0.0339. The van der Waals surface area contributed by atoms with Gasteiger partial charge in [-0.15, -0.1) is 11.3 Å². The Hall–Kier alpha value is -1.83. The second kappa shape index (κ2) is 30.2. The third-order valence-electron chi connectivity index (χ3n) is 11.6. The van der Waals surface area contributed by atoms with Crippen molar-refractivity contribution < 1.29 is 40.1 Å². The van der Waals surface area contributed by atoms with Gasteiger partial charge in [0.1, 0.15) is 30.2 Å². The Morgan fingerprint density at radius 3 is 1.72 bits per heavy atom. The van der Waals surface area contributed by atoms with E-state index in [-0.39, 0.29) is 12.8 Å². The second-order valence-electron chi connectivity index (χ2n) is 16.5. The van der Waals surface area contributed by atoms with Gasteiger partial charge in [-0.05, 0) is 49.9 Å². The van der Waals surface area contributed by atoms with Crippen LogP contribution in [0.1, 0.15) is 174 Å². The number of aromatic nitrogens is 1. The minimum atomic E-state index is -1.47. The van der Waals surface area contributed by atoms with E-state index in [4.69, 9.17) is 14.5 Å². The Labute approximate surface area is 348 Å². The highest BCUT2D eigenvalue weighted by Gasteiger charge is 2.43. The second-order valence-corrected chi connectivity index (χ2v) is 17.4. The predicted molar refractivity (Wildman–Crippen MR) is 233 cm³/mol. The summed E-state index contributed by atoms with van der Waals surface area (Å²) >= 11 is 1.41. The van der Waals surface area contributed by atoms with Gasteiger partial charge < -0.3 is 45.4 Å². The summed E-state index contributed by atoms with van der Waals surface area (Å²) in [6, 6.07) is 7.30. The number of unbranched alkanes of at least 4 members (excludes halogenated alkanes) is 20. The van der Waals surface area contributed by atoms with Crippen LogP contribution in [0.3, 0.4) is 0 Å². The maximum Gasteiger partial charge on any atom is 0.183 e. The van der Waals surface area contributed by atoms with Crippen molar-refractivity contribution in [3.05, 3.63) is 29.6 Å². The average Bonchev–Trinajstić information content (AvgIpc) is 3.70. The fourth-order valence-electron chi connectivity index (χ4n) is 7.86. The number of nitrogens with one attached hydrogen (secondary N) is 1. The molecule has 2 heterocycles. The van der Waals surface area contributed by atoms with Crippen LogP contribution in [0.25, 0.3) is 11.3 Å². The summed E-state index contributed by atoms with van der Waals surface area (Å²) in [5.41, 5.74) is 1.72. The van der Waals surface area contributed by atoms with E-state index >= 15 is 0 Å². The molecule has 1 saturated heterocycles. The van der Waals surface area contributed by atoms with Gasteiger partial charge in [-0.25, -0.2) is 4.98 Å². The Morgan fingerprint density at radius 1 is 0.667 bits per heavy atom. The van der Waals surface area contributed by atoms with Gasteiger partial charge in [0.05, 0.1) is 43.3 Å². The van der Waals surface area contributed by atoms with Gasteiger partial charge in [-0.1, -0.05) is 149 Å². The topological polar surface area (TPSA) is 165 Å². The number of anilines is 1. The number of rotatable bonds is 34. The lowest BCUT2D eigenvalue weighted by Crippen LogP contribution is -2.58. The summed E-state index contributed by atoms with van der Waals surface area (Å²) in [6.07, 6.45) is 20.3. The number of aliphatic hydroxyl groups excluding tert-OH is 6. The van der Waals surface area contributed by atoms with E-state index in [1.807, 2.05) is 29.6 Å². The highest BCUT2D eigenvalue weighted by Crippen LogP contribution is 2.30. The van der Waals surface area contributed by atoms with E-state index in [0.29, 0.717) is 18.2 Å². The van der Waals surface area contributed by atoms with Crippen molar-refractivity contribution in [3.63, 3.8) is 0 Å². The van der Waals surface area contributed by atoms with Gasteiger partial charge >= 0.3 is 0 Å². The molecule has 3 rings (SSSR count). The number of hydrogen-bond acceptors (Lipinski definition) is 11. The number of nitrogens with zero attached hydrogens (tertiary/aromatic N) is 1. The fraction of sp³-hybridized carbons (Fsp3) is 0.804. The normalized spacial score (nSPS) is 21.4. The maximum absolute atomic E-state index is 11.5. The number of thiazole rings is 1. The zero-order chi connectivity index (χ0) is 41.1. The third kappa shape index (κ3) is 19.4. The van der Waals surface area contributed by atoms with E-state index < -0.39 is 55.4 Å². The van der Waals surface area contributed by atoms with Crippen molar-refractivity contribution in [1.82, 2.24) is 4.98 Å². The molecule has 10 nitrogen and oxygen atoms in total. The van der Waals surface area contributed by atoms with Gasteiger partial charge in [0.2, 0.25) is 0 Å². The Bertz CT molecular complexity index is 1250. The molecule has 0 amide bonds. The van der Waals surface area contributed by atoms with E-state index in [1.165, 1.54) is 127 Å². The zero-order valence-corrected chi connectivity index (χ0v) is 36.3. The molecule has 0 radical (unpaired) electrons. The molecular weight excluding hydrogens is 741 g/mol. The van der Waals surface area contributed by atoms with E-state index in [9.17, 15) is 30.6 Å². The molecule has 1 fully saturated rings. The minimum absolute atomic E-state index is 0.209. The molecule has 0 saturated carbocycles. The highest BCUT2D eigenvalue weighted by atomic mass is 32.1. The van der Waals surface area contributed by atoms with E-state index in [0.717, 1.165) is 42.7 Å². The van der Waals surface area contributed by atoms with Crippen molar-refractivity contribution in [2.24, 2.45) is 0 Å². The summed E-state index contributed by atoms with van der Waals surface area (Å²) < 4.78 is 11.8. The van der Waals surface area contributed by atoms with Crippen molar-refractivity contribution >= 4 is 16.5 Å². The van der Waals surface area contributed by atoms with Crippen molar-refractivity contribution in [2.75, 3.05) is 18.5 Å². The molecule has 0 bridgehead atoms. The first-order chi connectivity index (χ1) is 27.8. The fourth-order valence-corrected chi connectivity index (χ4v) is 8.64. The molecule has 7 N–H and O–H groups in total. The van der Waals surface area contributed by atoms with Crippen LogP contribution in [0.5, 0.6) is 5.75 Å². The largest absolute Gasteiger partial charge is 0.494 e. The van der Waals surface area contributed by atoms with Crippen molar-refractivity contribution in [1.29, 1.82) is 0 Å². The molecule has 0 spiro atoms. The van der Waals surface area contributed by atoms with E-state index in [2.05, 4.69) is 19.2 Å². The van der Waals surface area contributed by atoms with Crippen LogP contribution in [0.2, 0.25) is 0 Å². The van der Waals surface area contributed by atoms with Gasteiger partial charge in [0, 0.05) is 10.9 Å². The Balaban J connectivity index is 1.48. The van der Waals surface area contributed by atoms with Gasteiger partial charge in [-0.3, -0.25) is 0 Å². The van der Waals surface area contributed by atoms with Crippen LogP contribution in [-0.4, -0.2) is 97.6 Å². The van der Waals surface area contributed by atoms with Crippen LogP contribution >= 0.6 is 11.3 Å². The minimum Gasteiger partial charge on any atom is -0.494 e. The molecule has 57 heavy (non-hydrogen) atoms. The van der Waals surface area contributed by atoms with Gasteiger partial charge in [-0.2, -0.15) is 0 Å². The summed E-state index contributed by atoms with van der Waals surface area (Å²) in [5.74, 6) is 0.835. The SMILES string of the molecule is CCCCCCCCCCCCCC[C@H](O)[C@@H](O)[C@H](CC[C@H]1O[C@H](CO)[C@H](O)[C@H](O)[C@H]1O)Nc1nc(-c2ccc(OCCCCCCCCCCCC)cc2)cs1. The summed E-state index contributed by atoms with van der Waals surface area (Å²) in [4.78, 5) is 4.80. The summed E-state index contributed by atoms with van der Waals surface area (Å²) in [6.45, 7) is 4.71. The monoisotopic (exact) mass is 821 g/mol. The van der Waals surface area contributed by atoms with Crippen LogP contribution in [0.15, 0.2) is 29.6 Å². The molecular formula is C46H80N2O8S. The first kappa shape index (κ1) is 49.5. The standard InChI is InChI=1S/C46H80N2O8S/c1-3-5-7-9-11-13-15-16-17-19-21-23-25-39(50)42(51)37(30-31-40-43(52)45(54)44(53)41(33-49)56-40)47-46-48-38(34-57-46)35-26-28-36(29-27-35)55-32-24-22-20-18-14-12-10-8-6-4-2/h26-29,34,37,39-45,49-54H,3-25,30-33H2,1-2H3,(H,47,48)/t37-,39-,40+,41+,42-,43-,44-,45+/m0/s1. The van der Waals surface area contributed by atoms with Crippen LogP contribution < -0.4 is 10.1 Å². The average molecular weight is 821 g/mol. The highest BCUT2D eigenvalue weighted by molar-refractivity contribution is 7.14. The van der Waals surface area contributed by atoms with Crippen molar-refractivity contribution in [3.8, 4) is 17.0 Å². The van der Waals surface area contributed by atoms with Gasteiger partial charge in [0.25, 0.3) is 0 Å². The molecule has 0 aliphatic carbocycles. The van der Waals surface area contributed by atoms with Crippen LogP contribution in [-0.2, 0) is 4.74 Å². The molecule has 1 aromatic heterocycles. The number of benzene rings is 1. The molecule has 1 aliphatic heterocycles. The lowest BCUT2D eigenvalue weighted by Gasteiger charge is -2.40. The smallest absolute Gasteiger partial charge is 0.183 e. The summed E-state index contributed by atoms with van der Waals surface area (Å²) in [7, 11) is 0. The Kier molecular flexibility index (Phi) is 26.3. The zero-order valence-electron chi connectivity index (χ0n) is 35.5. The lowest BCUT2D eigenvalue weighted by molar-refractivity contribution is -0.230.